The number of aromatic nitrogens is 1. The zero-order valence-corrected chi connectivity index (χ0v) is 16.6. The Morgan fingerprint density at radius 2 is 1.88 bits per heavy atom. The number of hydrogen-bond acceptors (Lipinski definition) is 5. The average molecular weight is 374 g/mol. The van der Waals surface area contributed by atoms with E-state index in [-0.39, 0.29) is 12.5 Å². The normalized spacial score (nSPS) is 15.5. The standard InChI is InChI=1S/C20H27N3O2S/c1-15(2)17-4-6-19(7-5-17)25-13-20(24)23-10-8-22(9-11-23)12-18-14-26-16(3)21-18/h4-7,14-15H,8-13H2,1-3H3. The molecule has 2 heterocycles. The number of amides is 1. The van der Waals surface area contributed by atoms with Crippen molar-refractivity contribution < 1.29 is 9.53 Å². The molecule has 1 amide bonds. The number of ether oxygens (including phenoxy) is 1. The van der Waals surface area contributed by atoms with E-state index in [1.807, 2.05) is 24.0 Å². The molecule has 2 aromatic rings. The van der Waals surface area contributed by atoms with Gasteiger partial charge < -0.3 is 9.64 Å². The third-order valence-electron chi connectivity index (χ3n) is 4.69. The summed E-state index contributed by atoms with van der Waals surface area (Å²) in [6, 6.07) is 8.00. The van der Waals surface area contributed by atoms with Crippen molar-refractivity contribution >= 4 is 17.2 Å². The number of aryl methyl sites for hydroxylation is 1. The molecule has 3 rings (SSSR count). The molecule has 0 unspecified atom stereocenters. The Kier molecular flexibility index (Phi) is 6.27. The molecule has 1 aliphatic rings. The van der Waals surface area contributed by atoms with Crippen LogP contribution in [0.25, 0.3) is 0 Å². The van der Waals surface area contributed by atoms with Crippen LogP contribution in [-0.2, 0) is 11.3 Å². The van der Waals surface area contributed by atoms with Crippen LogP contribution in [0.15, 0.2) is 29.6 Å². The lowest BCUT2D eigenvalue weighted by Crippen LogP contribution is -2.49. The molecule has 5 nitrogen and oxygen atoms in total. The molecular formula is C20H27N3O2S. The summed E-state index contributed by atoms with van der Waals surface area (Å²) < 4.78 is 5.67. The first kappa shape index (κ1) is 18.9. The number of thiazole rings is 1. The number of hydrogen-bond donors (Lipinski definition) is 0. The van der Waals surface area contributed by atoms with Crippen LogP contribution < -0.4 is 4.74 Å². The van der Waals surface area contributed by atoms with Gasteiger partial charge in [-0.15, -0.1) is 11.3 Å². The van der Waals surface area contributed by atoms with Crippen molar-refractivity contribution in [3.8, 4) is 5.75 Å². The highest BCUT2D eigenvalue weighted by Gasteiger charge is 2.21. The maximum absolute atomic E-state index is 12.4. The number of carbonyl (C=O) groups excluding carboxylic acids is 1. The first-order valence-electron chi connectivity index (χ1n) is 9.15. The van der Waals surface area contributed by atoms with Crippen LogP contribution in [-0.4, -0.2) is 53.5 Å². The van der Waals surface area contributed by atoms with Crippen molar-refractivity contribution in [2.75, 3.05) is 32.8 Å². The third-order valence-corrected chi connectivity index (χ3v) is 5.51. The van der Waals surface area contributed by atoms with Crippen molar-refractivity contribution in [2.45, 2.75) is 33.2 Å². The minimum Gasteiger partial charge on any atom is -0.484 e. The summed E-state index contributed by atoms with van der Waals surface area (Å²) in [5, 5.41) is 3.22. The van der Waals surface area contributed by atoms with E-state index >= 15 is 0 Å². The second-order valence-electron chi connectivity index (χ2n) is 7.03. The van der Waals surface area contributed by atoms with Crippen molar-refractivity contribution in [1.82, 2.24) is 14.8 Å². The predicted molar refractivity (Wildman–Crippen MR) is 105 cm³/mol. The molecule has 1 saturated heterocycles. The summed E-state index contributed by atoms with van der Waals surface area (Å²) >= 11 is 1.69. The van der Waals surface area contributed by atoms with E-state index in [2.05, 4.69) is 41.2 Å². The first-order chi connectivity index (χ1) is 12.5. The van der Waals surface area contributed by atoms with Gasteiger partial charge in [0, 0.05) is 38.1 Å². The second-order valence-corrected chi connectivity index (χ2v) is 8.09. The third kappa shape index (κ3) is 5.05. The molecule has 1 fully saturated rings. The van der Waals surface area contributed by atoms with E-state index in [1.54, 1.807) is 11.3 Å². The lowest BCUT2D eigenvalue weighted by molar-refractivity contribution is -0.135. The van der Waals surface area contributed by atoms with Gasteiger partial charge in [-0.3, -0.25) is 9.69 Å². The number of piperazine rings is 1. The van der Waals surface area contributed by atoms with Crippen LogP contribution in [0.1, 0.15) is 36.0 Å². The Hall–Kier alpha value is -1.92. The van der Waals surface area contributed by atoms with Gasteiger partial charge >= 0.3 is 0 Å². The van der Waals surface area contributed by atoms with Gasteiger partial charge in [-0.05, 0) is 30.5 Å². The highest BCUT2D eigenvalue weighted by molar-refractivity contribution is 7.09. The number of benzene rings is 1. The molecule has 1 aromatic heterocycles. The van der Waals surface area contributed by atoms with Crippen LogP contribution in [0.3, 0.4) is 0 Å². The molecule has 0 saturated carbocycles. The molecule has 1 aromatic carbocycles. The smallest absolute Gasteiger partial charge is 0.260 e. The Balaban J connectivity index is 1.42. The van der Waals surface area contributed by atoms with Crippen LogP contribution in [0.2, 0.25) is 0 Å². The van der Waals surface area contributed by atoms with E-state index < -0.39 is 0 Å². The molecule has 0 spiro atoms. The summed E-state index contributed by atoms with van der Waals surface area (Å²) in [5.41, 5.74) is 2.40. The van der Waals surface area contributed by atoms with Gasteiger partial charge in [-0.25, -0.2) is 4.98 Å². The summed E-state index contributed by atoms with van der Waals surface area (Å²) in [6.07, 6.45) is 0. The quantitative estimate of drug-likeness (QED) is 0.779. The Morgan fingerprint density at radius 1 is 1.19 bits per heavy atom. The maximum atomic E-state index is 12.4. The van der Waals surface area contributed by atoms with E-state index in [0.29, 0.717) is 5.92 Å². The van der Waals surface area contributed by atoms with Gasteiger partial charge in [0.2, 0.25) is 0 Å². The molecule has 140 valence electrons. The van der Waals surface area contributed by atoms with Crippen LogP contribution in [0, 0.1) is 6.92 Å². The minimum atomic E-state index is 0.0575. The molecule has 0 aliphatic carbocycles. The van der Waals surface area contributed by atoms with Gasteiger partial charge in [0.15, 0.2) is 6.61 Å². The molecule has 0 radical (unpaired) electrons. The second kappa shape index (κ2) is 8.64. The molecule has 26 heavy (non-hydrogen) atoms. The monoisotopic (exact) mass is 373 g/mol. The molecule has 0 atom stereocenters. The van der Waals surface area contributed by atoms with Crippen molar-refractivity contribution in [1.29, 1.82) is 0 Å². The number of carbonyl (C=O) groups is 1. The summed E-state index contributed by atoms with van der Waals surface area (Å²) in [4.78, 5) is 21.1. The fourth-order valence-electron chi connectivity index (χ4n) is 3.05. The molecular weight excluding hydrogens is 346 g/mol. The molecule has 6 heteroatoms. The Morgan fingerprint density at radius 3 is 2.46 bits per heavy atom. The molecule has 0 bridgehead atoms. The zero-order valence-electron chi connectivity index (χ0n) is 15.8. The number of rotatable bonds is 6. The van der Waals surface area contributed by atoms with E-state index in [4.69, 9.17) is 4.74 Å². The van der Waals surface area contributed by atoms with Gasteiger partial charge in [0.05, 0.1) is 10.7 Å². The average Bonchev–Trinajstić information content (AvgIpc) is 3.05. The summed E-state index contributed by atoms with van der Waals surface area (Å²) in [7, 11) is 0. The fourth-order valence-corrected chi connectivity index (χ4v) is 3.65. The van der Waals surface area contributed by atoms with E-state index in [1.165, 1.54) is 5.56 Å². The predicted octanol–water partition coefficient (Wildman–Crippen LogP) is 3.30. The summed E-state index contributed by atoms with van der Waals surface area (Å²) in [5.74, 6) is 1.30. The maximum Gasteiger partial charge on any atom is 0.260 e. The minimum absolute atomic E-state index is 0.0575. The first-order valence-corrected chi connectivity index (χ1v) is 10.0. The lowest BCUT2D eigenvalue weighted by atomic mass is 10.0. The van der Waals surface area contributed by atoms with Crippen molar-refractivity contribution in [3.05, 3.63) is 45.9 Å². The van der Waals surface area contributed by atoms with Crippen molar-refractivity contribution in [2.24, 2.45) is 0 Å². The van der Waals surface area contributed by atoms with Gasteiger partial charge in [0.1, 0.15) is 5.75 Å². The van der Waals surface area contributed by atoms with Gasteiger partial charge in [-0.1, -0.05) is 26.0 Å². The van der Waals surface area contributed by atoms with Crippen LogP contribution in [0.5, 0.6) is 5.75 Å². The van der Waals surface area contributed by atoms with E-state index in [0.717, 1.165) is 49.2 Å². The topological polar surface area (TPSA) is 45.7 Å². The Labute approximate surface area is 159 Å². The highest BCUT2D eigenvalue weighted by atomic mass is 32.1. The summed E-state index contributed by atoms with van der Waals surface area (Å²) in [6.45, 7) is 10.6. The Bertz CT molecular complexity index is 719. The van der Waals surface area contributed by atoms with Crippen molar-refractivity contribution in [3.63, 3.8) is 0 Å². The molecule has 1 aliphatic heterocycles. The number of nitrogens with zero attached hydrogens (tertiary/aromatic N) is 3. The van der Waals surface area contributed by atoms with Gasteiger partial charge in [-0.2, -0.15) is 0 Å². The highest BCUT2D eigenvalue weighted by Crippen LogP contribution is 2.19. The largest absolute Gasteiger partial charge is 0.484 e. The van der Waals surface area contributed by atoms with Crippen LogP contribution in [0.4, 0.5) is 0 Å². The van der Waals surface area contributed by atoms with Crippen LogP contribution >= 0.6 is 11.3 Å². The fraction of sp³-hybridized carbons (Fsp3) is 0.500. The zero-order chi connectivity index (χ0) is 18.5. The molecule has 0 N–H and O–H groups in total. The van der Waals surface area contributed by atoms with Gasteiger partial charge in [0.25, 0.3) is 5.91 Å². The lowest BCUT2D eigenvalue weighted by Gasteiger charge is -2.34. The SMILES string of the molecule is Cc1nc(CN2CCN(C(=O)COc3ccc(C(C)C)cc3)CC2)cs1. The van der Waals surface area contributed by atoms with E-state index in [9.17, 15) is 4.79 Å².